The molecule has 1 aromatic carbocycles. The molecule has 3 rings (SSSR count). The van der Waals surface area contributed by atoms with E-state index in [9.17, 15) is 4.79 Å². The molecule has 8 heteroatoms. The summed E-state index contributed by atoms with van der Waals surface area (Å²) in [5.74, 6) is 0.0719. The van der Waals surface area contributed by atoms with E-state index in [1.807, 2.05) is 23.0 Å². The molecule has 1 unspecified atom stereocenters. The van der Waals surface area contributed by atoms with Crippen LogP contribution in [0.5, 0.6) is 0 Å². The monoisotopic (exact) mass is 427 g/mol. The van der Waals surface area contributed by atoms with Crippen molar-refractivity contribution in [1.29, 1.82) is 0 Å². The van der Waals surface area contributed by atoms with Gasteiger partial charge in [-0.1, -0.05) is 30.3 Å². The third kappa shape index (κ3) is 5.70. The van der Waals surface area contributed by atoms with E-state index in [-0.39, 0.29) is 36.8 Å². The molecule has 1 fully saturated rings. The molecular formula is C20H31Cl2N5O. The van der Waals surface area contributed by atoms with Crippen LogP contribution in [-0.2, 0) is 16.9 Å². The molecule has 0 bridgehead atoms. The van der Waals surface area contributed by atoms with Crippen molar-refractivity contribution in [2.75, 3.05) is 26.7 Å². The van der Waals surface area contributed by atoms with Crippen LogP contribution >= 0.6 is 24.8 Å². The molecule has 0 saturated carbocycles. The number of nitrogens with one attached hydrogen (secondary N) is 2. The van der Waals surface area contributed by atoms with Gasteiger partial charge in [0.25, 0.3) is 0 Å². The quantitative estimate of drug-likeness (QED) is 0.711. The zero-order valence-corrected chi connectivity index (χ0v) is 18.1. The fourth-order valence-electron chi connectivity index (χ4n) is 3.51. The van der Waals surface area contributed by atoms with Crippen molar-refractivity contribution in [1.82, 2.24) is 25.3 Å². The largest absolute Gasteiger partial charge is 0.352 e. The number of hydrogen-bond acceptors (Lipinski definition) is 4. The van der Waals surface area contributed by atoms with Gasteiger partial charge in [0.15, 0.2) is 0 Å². The fraction of sp³-hybridized carbons (Fsp3) is 0.500. The van der Waals surface area contributed by atoms with E-state index in [2.05, 4.69) is 58.9 Å². The Hall–Kier alpha value is -1.60. The van der Waals surface area contributed by atoms with Crippen molar-refractivity contribution in [2.24, 2.45) is 0 Å². The second kappa shape index (κ2) is 11.4. The van der Waals surface area contributed by atoms with Crippen LogP contribution in [0.1, 0.15) is 25.3 Å². The number of amides is 1. The molecule has 1 aliphatic rings. The van der Waals surface area contributed by atoms with Crippen LogP contribution in [-0.4, -0.2) is 53.3 Å². The van der Waals surface area contributed by atoms with E-state index in [1.165, 1.54) is 5.56 Å². The summed E-state index contributed by atoms with van der Waals surface area (Å²) in [6.45, 7) is 5.30. The lowest BCUT2D eigenvalue weighted by molar-refractivity contribution is -0.132. The number of hydrogen-bond donors (Lipinski definition) is 2. The Bertz CT molecular complexity index is 690. The van der Waals surface area contributed by atoms with Crippen LogP contribution in [0.2, 0.25) is 0 Å². The van der Waals surface area contributed by atoms with Crippen LogP contribution in [0.3, 0.4) is 0 Å². The average Bonchev–Trinajstić information content (AvgIpc) is 3.22. The molecule has 156 valence electrons. The van der Waals surface area contributed by atoms with Gasteiger partial charge in [0.1, 0.15) is 5.54 Å². The molecule has 1 saturated heterocycles. The second-order valence-electron chi connectivity index (χ2n) is 7.19. The van der Waals surface area contributed by atoms with Gasteiger partial charge in [-0.05, 0) is 51.5 Å². The van der Waals surface area contributed by atoms with Crippen molar-refractivity contribution in [2.45, 2.75) is 37.9 Å². The molecule has 0 spiro atoms. The van der Waals surface area contributed by atoms with E-state index >= 15 is 0 Å². The number of rotatable bonds is 7. The minimum absolute atomic E-state index is 0. The van der Waals surface area contributed by atoms with Gasteiger partial charge in [-0.15, -0.1) is 24.8 Å². The van der Waals surface area contributed by atoms with Gasteiger partial charge in [0, 0.05) is 31.5 Å². The number of benzene rings is 1. The highest BCUT2D eigenvalue weighted by Gasteiger charge is 2.41. The number of carbonyl (C=O) groups excluding carboxylic acids is 1. The van der Waals surface area contributed by atoms with Gasteiger partial charge in [-0.3, -0.25) is 14.4 Å². The van der Waals surface area contributed by atoms with E-state index in [0.29, 0.717) is 6.54 Å². The van der Waals surface area contributed by atoms with Crippen LogP contribution < -0.4 is 10.6 Å². The Kier molecular flexibility index (Phi) is 9.96. The summed E-state index contributed by atoms with van der Waals surface area (Å²) in [6.07, 6.45) is 5.16. The first-order valence-corrected chi connectivity index (χ1v) is 9.35. The Morgan fingerprint density at radius 2 is 1.93 bits per heavy atom. The zero-order chi connectivity index (χ0) is 18.4. The Morgan fingerprint density at radius 1 is 1.25 bits per heavy atom. The van der Waals surface area contributed by atoms with Crippen molar-refractivity contribution >= 4 is 30.7 Å². The number of aromatic nitrogens is 2. The number of carbonyl (C=O) groups is 1. The molecule has 1 amide bonds. The highest BCUT2D eigenvalue weighted by Crippen LogP contribution is 2.27. The Morgan fingerprint density at radius 3 is 2.54 bits per heavy atom. The molecule has 6 nitrogen and oxygen atoms in total. The molecule has 1 atom stereocenters. The summed E-state index contributed by atoms with van der Waals surface area (Å²) in [6, 6.07) is 12.5. The summed E-state index contributed by atoms with van der Waals surface area (Å²) in [5.41, 5.74) is 0.700. The third-order valence-corrected chi connectivity index (χ3v) is 5.38. The average molecular weight is 428 g/mol. The summed E-state index contributed by atoms with van der Waals surface area (Å²) < 4.78 is 1.83. The van der Waals surface area contributed by atoms with E-state index in [0.717, 1.165) is 32.5 Å². The molecular weight excluding hydrogens is 397 g/mol. The van der Waals surface area contributed by atoms with Crippen molar-refractivity contribution in [3.05, 3.63) is 54.4 Å². The number of nitrogens with zero attached hydrogens (tertiary/aromatic N) is 3. The van der Waals surface area contributed by atoms with Crippen LogP contribution in [0.25, 0.3) is 0 Å². The third-order valence-electron chi connectivity index (χ3n) is 5.38. The predicted octanol–water partition coefficient (Wildman–Crippen LogP) is 2.44. The fourth-order valence-corrected chi connectivity index (χ4v) is 3.51. The molecule has 1 aromatic heterocycles. The first kappa shape index (κ1) is 24.4. The standard InChI is InChI=1S/C20H29N5O.2ClH/c1-17(24(2)16-18-7-4-3-5-8-18)15-22-19(26)20(9-12-21-13-10-20)25-14-6-11-23-25;;/h3-8,11,14,17,21H,9-10,12-13,15-16H2,1-2H3,(H,22,26);2*1H. The summed E-state index contributed by atoms with van der Waals surface area (Å²) in [7, 11) is 2.09. The lowest BCUT2D eigenvalue weighted by Crippen LogP contribution is -2.56. The second-order valence-corrected chi connectivity index (χ2v) is 7.19. The van der Waals surface area contributed by atoms with Crippen molar-refractivity contribution in [3.8, 4) is 0 Å². The van der Waals surface area contributed by atoms with Gasteiger partial charge in [-0.25, -0.2) is 0 Å². The Balaban J connectivity index is 0.00000196. The molecule has 2 aromatic rings. The van der Waals surface area contributed by atoms with Gasteiger partial charge in [-0.2, -0.15) is 5.10 Å². The van der Waals surface area contributed by atoms with Gasteiger partial charge >= 0.3 is 0 Å². The van der Waals surface area contributed by atoms with Gasteiger partial charge in [0.2, 0.25) is 5.91 Å². The number of piperidine rings is 1. The highest BCUT2D eigenvalue weighted by molar-refractivity contribution is 5.85. The van der Waals surface area contributed by atoms with Crippen LogP contribution in [0.4, 0.5) is 0 Å². The highest BCUT2D eigenvalue weighted by atomic mass is 35.5. The van der Waals surface area contributed by atoms with Gasteiger partial charge < -0.3 is 10.6 Å². The maximum atomic E-state index is 13.1. The van der Waals surface area contributed by atoms with E-state index < -0.39 is 5.54 Å². The first-order chi connectivity index (χ1) is 12.6. The van der Waals surface area contributed by atoms with Crippen LogP contribution in [0.15, 0.2) is 48.8 Å². The lowest BCUT2D eigenvalue weighted by Gasteiger charge is -2.37. The van der Waals surface area contributed by atoms with Gasteiger partial charge in [0.05, 0.1) is 0 Å². The number of halogens is 2. The summed E-state index contributed by atoms with van der Waals surface area (Å²) >= 11 is 0. The summed E-state index contributed by atoms with van der Waals surface area (Å²) in [5, 5.41) is 10.9. The molecule has 2 heterocycles. The molecule has 1 aliphatic heterocycles. The SMILES string of the molecule is CC(CNC(=O)C1(n2cccn2)CCNCC1)N(C)Cc1ccccc1.Cl.Cl. The smallest absolute Gasteiger partial charge is 0.248 e. The minimum atomic E-state index is -0.577. The van der Waals surface area contributed by atoms with E-state index in [4.69, 9.17) is 0 Å². The molecule has 0 aliphatic carbocycles. The first-order valence-electron chi connectivity index (χ1n) is 9.35. The molecule has 28 heavy (non-hydrogen) atoms. The van der Waals surface area contributed by atoms with Crippen molar-refractivity contribution < 1.29 is 4.79 Å². The Labute approximate surface area is 179 Å². The predicted molar refractivity (Wildman–Crippen MR) is 117 cm³/mol. The van der Waals surface area contributed by atoms with Crippen molar-refractivity contribution in [3.63, 3.8) is 0 Å². The van der Waals surface area contributed by atoms with Crippen LogP contribution in [0, 0.1) is 0 Å². The molecule has 2 N–H and O–H groups in total. The topological polar surface area (TPSA) is 62.2 Å². The van der Waals surface area contributed by atoms with E-state index in [1.54, 1.807) is 6.20 Å². The normalized spacial score (nSPS) is 16.5. The zero-order valence-electron chi connectivity index (χ0n) is 16.5. The lowest BCUT2D eigenvalue weighted by atomic mass is 9.87. The summed E-state index contributed by atoms with van der Waals surface area (Å²) in [4.78, 5) is 15.3. The molecule has 0 radical (unpaired) electrons. The number of likely N-dealkylation sites (N-methyl/N-ethyl adjacent to an activating group) is 1. The maximum absolute atomic E-state index is 13.1. The maximum Gasteiger partial charge on any atom is 0.248 e. The minimum Gasteiger partial charge on any atom is -0.352 e.